The van der Waals surface area contributed by atoms with Crippen molar-refractivity contribution in [3.8, 4) is 0 Å². The molecule has 24 heavy (non-hydrogen) atoms. The van der Waals surface area contributed by atoms with Gasteiger partial charge in [0.05, 0.1) is 0 Å². The maximum Gasteiger partial charge on any atom is 0.331 e. The van der Waals surface area contributed by atoms with Crippen LogP contribution >= 0.6 is 11.6 Å². The minimum Gasteiger partial charge on any atom is -0.452 e. The number of esters is 1. The van der Waals surface area contributed by atoms with Crippen molar-refractivity contribution in [3.05, 3.63) is 76.6 Å². The quantitative estimate of drug-likeness (QED) is 0.644. The third-order valence-electron chi connectivity index (χ3n) is 3.04. The molecule has 0 saturated heterocycles. The zero-order valence-electron chi connectivity index (χ0n) is 12.7. The third-order valence-corrected chi connectivity index (χ3v) is 3.41. The largest absolute Gasteiger partial charge is 0.452 e. The van der Waals surface area contributed by atoms with E-state index in [9.17, 15) is 14.0 Å². The molecule has 6 heteroatoms. The summed E-state index contributed by atoms with van der Waals surface area (Å²) in [4.78, 5) is 23.2. The number of hydrogen-bond donors (Lipinski definition) is 1. The molecule has 2 aromatic rings. The SMILES string of the molecule is O=C(COC(=O)/C=C/c1cccc(F)c1)NCc1ccccc1Cl. The van der Waals surface area contributed by atoms with Gasteiger partial charge in [0.2, 0.25) is 0 Å². The fourth-order valence-electron chi connectivity index (χ4n) is 1.85. The second kappa shape index (κ2) is 8.84. The predicted octanol–water partition coefficient (Wildman–Crippen LogP) is 3.35. The van der Waals surface area contributed by atoms with Gasteiger partial charge in [-0.25, -0.2) is 9.18 Å². The van der Waals surface area contributed by atoms with Gasteiger partial charge in [0.25, 0.3) is 5.91 Å². The molecule has 0 saturated carbocycles. The number of ether oxygens (including phenoxy) is 1. The summed E-state index contributed by atoms with van der Waals surface area (Å²) < 4.78 is 17.8. The van der Waals surface area contributed by atoms with Gasteiger partial charge in [0.15, 0.2) is 6.61 Å². The van der Waals surface area contributed by atoms with Crippen LogP contribution in [0.25, 0.3) is 6.08 Å². The van der Waals surface area contributed by atoms with Crippen molar-refractivity contribution in [2.45, 2.75) is 6.54 Å². The molecule has 0 aromatic heterocycles. The van der Waals surface area contributed by atoms with E-state index in [1.807, 2.05) is 6.07 Å². The molecule has 1 amide bonds. The summed E-state index contributed by atoms with van der Waals surface area (Å²) in [5, 5.41) is 3.15. The number of halogens is 2. The van der Waals surface area contributed by atoms with E-state index in [-0.39, 0.29) is 6.54 Å². The van der Waals surface area contributed by atoms with Crippen molar-refractivity contribution in [1.29, 1.82) is 0 Å². The Morgan fingerprint density at radius 3 is 2.71 bits per heavy atom. The van der Waals surface area contributed by atoms with E-state index in [1.54, 1.807) is 24.3 Å². The molecule has 124 valence electrons. The van der Waals surface area contributed by atoms with E-state index >= 15 is 0 Å². The molecule has 0 unspecified atom stereocenters. The number of benzene rings is 2. The van der Waals surface area contributed by atoms with Gasteiger partial charge in [-0.1, -0.05) is 41.9 Å². The fourth-order valence-corrected chi connectivity index (χ4v) is 2.05. The number of hydrogen-bond acceptors (Lipinski definition) is 3. The van der Waals surface area contributed by atoms with Crippen LogP contribution in [0.3, 0.4) is 0 Å². The molecule has 0 heterocycles. The van der Waals surface area contributed by atoms with Crippen molar-refractivity contribution >= 4 is 29.6 Å². The normalized spacial score (nSPS) is 10.6. The van der Waals surface area contributed by atoms with Crippen LogP contribution in [0.4, 0.5) is 4.39 Å². The summed E-state index contributed by atoms with van der Waals surface area (Å²) in [5.74, 6) is -1.53. The summed E-state index contributed by atoms with van der Waals surface area (Å²) in [5.41, 5.74) is 1.29. The Balaban J connectivity index is 1.75. The molecule has 0 aliphatic heterocycles. The molecule has 0 spiro atoms. The van der Waals surface area contributed by atoms with Gasteiger partial charge in [-0.05, 0) is 35.4 Å². The molecule has 0 bridgehead atoms. The third kappa shape index (κ3) is 5.85. The second-order valence-electron chi connectivity index (χ2n) is 4.86. The van der Waals surface area contributed by atoms with E-state index in [0.717, 1.165) is 11.6 Å². The Kier molecular flexibility index (Phi) is 6.51. The lowest BCUT2D eigenvalue weighted by atomic mass is 10.2. The minimum absolute atomic E-state index is 0.245. The fraction of sp³-hybridized carbons (Fsp3) is 0.111. The monoisotopic (exact) mass is 347 g/mol. The van der Waals surface area contributed by atoms with Gasteiger partial charge in [-0.3, -0.25) is 4.79 Å². The second-order valence-corrected chi connectivity index (χ2v) is 5.27. The van der Waals surface area contributed by atoms with Crippen molar-refractivity contribution in [1.82, 2.24) is 5.32 Å². The van der Waals surface area contributed by atoms with E-state index in [2.05, 4.69) is 5.32 Å². The average molecular weight is 348 g/mol. The zero-order chi connectivity index (χ0) is 17.4. The van der Waals surface area contributed by atoms with Crippen LogP contribution in [0.5, 0.6) is 0 Å². The summed E-state index contributed by atoms with van der Waals surface area (Å²) in [6.45, 7) is -0.161. The highest BCUT2D eigenvalue weighted by Crippen LogP contribution is 2.14. The van der Waals surface area contributed by atoms with Crippen LogP contribution in [0, 0.1) is 5.82 Å². The zero-order valence-corrected chi connectivity index (χ0v) is 13.4. The van der Waals surface area contributed by atoms with E-state index in [4.69, 9.17) is 16.3 Å². The van der Waals surface area contributed by atoms with Crippen molar-refractivity contribution in [3.63, 3.8) is 0 Å². The number of rotatable bonds is 6. The summed E-state index contributed by atoms with van der Waals surface area (Å²) in [7, 11) is 0. The Morgan fingerprint density at radius 1 is 1.17 bits per heavy atom. The lowest BCUT2D eigenvalue weighted by Crippen LogP contribution is -2.28. The van der Waals surface area contributed by atoms with E-state index in [0.29, 0.717) is 10.6 Å². The van der Waals surface area contributed by atoms with Crippen LogP contribution in [0.2, 0.25) is 5.02 Å². The lowest BCUT2D eigenvalue weighted by molar-refractivity contribution is -0.143. The molecule has 2 aromatic carbocycles. The summed E-state index contributed by atoms with van der Waals surface area (Å²) >= 11 is 5.97. The number of nitrogens with one attached hydrogen (secondary N) is 1. The maximum atomic E-state index is 13.0. The van der Waals surface area contributed by atoms with Gasteiger partial charge in [-0.15, -0.1) is 0 Å². The van der Waals surface area contributed by atoms with Crippen molar-refractivity contribution < 1.29 is 18.7 Å². The number of carbonyl (C=O) groups excluding carboxylic acids is 2. The standard InChI is InChI=1S/C18H15ClFNO3/c19-16-7-2-1-5-14(16)11-21-17(22)12-24-18(23)9-8-13-4-3-6-15(20)10-13/h1-10H,11-12H2,(H,21,22)/b9-8+. The lowest BCUT2D eigenvalue weighted by Gasteiger charge is -2.06. The molecular weight excluding hydrogens is 333 g/mol. The highest BCUT2D eigenvalue weighted by molar-refractivity contribution is 6.31. The first-order chi connectivity index (χ1) is 11.5. The predicted molar refractivity (Wildman–Crippen MR) is 89.7 cm³/mol. The molecule has 0 fully saturated rings. The van der Waals surface area contributed by atoms with Gasteiger partial charge < -0.3 is 10.1 Å². The average Bonchev–Trinajstić information content (AvgIpc) is 2.57. The minimum atomic E-state index is -0.688. The summed E-state index contributed by atoms with van der Waals surface area (Å²) in [6, 6.07) is 12.9. The van der Waals surface area contributed by atoms with Gasteiger partial charge in [0, 0.05) is 17.6 Å². The Hall–Kier alpha value is -2.66. The molecule has 4 nitrogen and oxygen atoms in total. The molecule has 0 aliphatic rings. The van der Waals surface area contributed by atoms with Crippen LogP contribution in [0.15, 0.2) is 54.6 Å². The van der Waals surface area contributed by atoms with Crippen molar-refractivity contribution in [2.24, 2.45) is 0 Å². The highest BCUT2D eigenvalue weighted by Gasteiger charge is 2.06. The molecule has 2 rings (SSSR count). The smallest absolute Gasteiger partial charge is 0.331 e. The molecule has 0 atom stereocenters. The molecule has 0 aliphatic carbocycles. The first-order valence-electron chi connectivity index (χ1n) is 7.15. The van der Waals surface area contributed by atoms with Gasteiger partial charge in [0.1, 0.15) is 5.82 Å². The van der Waals surface area contributed by atoms with Gasteiger partial charge >= 0.3 is 5.97 Å². The number of carbonyl (C=O) groups is 2. The first kappa shape index (κ1) is 17.7. The number of amides is 1. The highest BCUT2D eigenvalue weighted by atomic mass is 35.5. The van der Waals surface area contributed by atoms with Crippen LogP contribution in [-0.4, -0.2) is 18.5 Å². The van der Waals surface area contributed by atoms with Gasteiger partial charge in [-0.2, -0.15) is 0 Å². The Morgan fingerprint density at radius 2 is 1.96 bits per heavy atom. The maximum absolute atomic E-state index is 13.0. The van der Waals surface area contributed by atoms with E-state index < -0.39 is 24.3 Å². The van der Waals surface area contributed by atoms with Crippen LogP contribution in [0.1, 0.15) is 11.1 Å². The molecule has 1 N–H and O–H groups in total. The molecule has 0 radical (unpaired) electrons. The Labute approximate surface area is 143 Å². The van der Waals surface area contributed by atoms with E-state index in [1.165, 1.54) is 24.3 Å². The van der Waals surface area contributed by atoms with Crippen LogP contribution < -0.4 is 5.32 Å². The topological polar surface area (TPSA) is 55.4 Å². The molecular formula is C18H15ClFNO3. The van der Waals surface area contributed by atoms with Crippen LogP contribution in [-0.2, 0) is 20.9 Å². The summed E-state index contributed by atoms with van der Waals surface area (Å²) in [6.07, 6.45) is 2.54. The Bertz CT molecular complexity index is 761. The van der Waals surface area contributed by atoms with Crippen molar-refractivity contribution in [2.75, 3.05) is 6.61 Å². The first-order valence-corrected chi connectivity index (χ1v) is 7.53.